The number of ether oxygens (including phenoxy) is 2. The third kappa shape index (κ3) is 3.32. The topological polar surface area (TPSA) is 76.7 Å². The highest BCUT2D eigenvalue weighted by Gasteiger charge is 2.36. The van der Waals surface area contributed by atoms with E-state index >= 15 is 0 Å². The van der Waals surface area contributed by atoms with Crippen LogP contribution < -0.4 is 20.1 Å². The van der Waals surface area contributed by atoms with Gasteiger partial charge in [-0.15, -0.1) is 0 Å². The SMILES string of the molecule is CCC1(CNC(=O)c2ccc(OC)c(OC)c2)CCC(=O)N1. The monoisotopic (exact) mass is 306 g/mol. The molecule has 0 radical (unpaired) electrons. The van der Waals surface area contributed by atoms with Crippen LogP contribution in [-0.4, -0.2) is 38.1 Å². The maximum atomic E-state index is 12.3. The Kier molecular flexibility index (Phi) is 4.90. The van der Waals surface area contributed by atoms with Crippen molar-refractivity contribution < 1.29 is 19.1 Å². The van der Waals surface area contributed by atoms with Gasteiger partial charge in [-0.2, -0.15) is 0 Å². The highest BCUT2D eigenvalue weighted by atomic mass is 16.5. The van der Waals surface area contributed by atoms with Crippen LogP contribution >= 0.6 is 0 Å². The van der Waals surface area contributed by atoms with Crippen molar-refractivity contribution in [3.8, 4) is 11.5 Å². The number of nitrogens with one attached hydrogen (secondary N) is 2. The fraction of sp³-hybridized carbons (Fsp3) is 0.500. The first-order chi connectivity index (χ1) is 10.5. The first kappa shape index (κ1) is 16.1. The average molecular weight is 306 g/mol. The van der Waals surface area contributed by atoms with Crippen LogP contribution in [0.5, 0.6) is 11.5 Å². The van der Waals surface area contributed by atoms with Gasteiger partial charge in [0.25, 0.3) is 5.91 Å². The number of methoxy groups -OCH3 is 2. The molecule has 1 heterocycles. The van der Waals surface area contributed by atoms with Crippen LogP contribution in [0.15, 0.2) is 18.2 Å². The summed E-state index contributed by atoms with van der Waals surface area (Å²) in [4.78, 5) is 23.7. The van der Waals surface area contributed by atoms with Crippen LogP contribution in [-0.2, 0) is 4.79 Å². The molecule has 0 spiro atoms. The molecule has 1 atom stereocenters. The van der Waals surface area contributed by atoms with Crippen molar-refractivity contribution in [2.45, 2.75) is 31.7 Å². The molecule has 1 aromatic rings. The standard InChI is InChI=1S/C16H22N2O4/c1-4-16(8-7-14(19)18-16)10-17-15(20)11-5-6-12(21-2)13(9-11)22-3/h5-6,9H,4,7-8,10H2,1-3H3,(H,17,20)(H,18,19). The molecule has 0 saturated carbocycles. The van der Waals surface area contributed by atoms with E-state index in [0.29, 0.717) is 30.0 Å². The number of benzene rings is 1. The van der Waals surface area contributed by atoms with Crippen molar-refractivity contribution >= 4 is 11.8 Å². The molecule has 1 fully saturated rings. The zero-order chi connectivity index (χ0) is 16.2. The number of carbonyl (C=O) groups is 2. The molecule has 2 N–H and O–H groups in total. The van der Waals surface area contributed by atoms with E-state index in [9.17, 15) is 9.59 Å². The second kappa shape index (κ2) is 6.68. The van der Waals surface area contributed by atoms with Crippen LogP contribution in [0.1, 0.15) is 36.5 Å². The minimum absolute atomic E-state index is 0.0437. The zero-order valence-corrected chi connectivity index (χ0v) is 13.2. The summed E-state index contributed by atoms with van der Waals surface area (Å²) in [5.74, 6) is 0.929. The molecular weight excluding hydrogens is 284 g/mol. The molecular formula is C16H22N2O4. The molecule has 2 amide bonds. The van der Waals surface area contributed by atoms with Crippen molar-refractivity contribution in [3.05, 3.63) is 23.8 Å². The first-order valence-corrected chi connectivity index (χ1v) is 7.35. The van der Waals surface area contributed by atoms with Gasteiger partial charge in [-0.3, -0.25) is 9.59 Å². The maximum absolute atomic E-state index is 12.3. The third-order valence-corrected chi connectivity index (χ3v) is 4.15. The number of amides is 2. The van der Waals surface area contributed by atoms with Gasteiger partial charge in [0.05, 0.1) is 19.8 Å². The molecule has 22 heavy (non-hydrogen) atoms. The van der Waals surface area contributed by atoms with Gasteiger partial charge in [-0.25, -0.2) is 0 Å². The molecule has 1 unspecified atom stereocenters. The minimum atomic E-state index is -0.330. The van der Waals surface area contributed by atoms with Gasteiger partial charge in [-0.1, -0.05) is 6.92 Å². The minimum Gasteiger partial charge on any atom is -0.493 e. The largest absolute Gasteiger partial charge is 0.493 e. The Bertz CT molecular complexity index is 573. The summed E-state index contributed by atoms with van der Waals surface area (Å²) < 4.78 is 10.4. The number of hydrogen-bond acceptors (Lipinski definition) is 4. The summed E-state index contributed by atoms with van der Waals surface area (Å²) in [5.41, 5.74) is 0.164. The lowest BCUT2D eigenvalue weighted by Gasteiger charge is -2.28. The summed E-state index contributed by atoms with van der Waals surface area (Å²) in [5, 5.41) is 5.86. The van der Waals surface area contributed by atoms with Crippen molar-refractivity contribution in [2.75, 3.05) is 20.8 Å². The summed E-state index contributed by atoms with van der Waals surface area (Å²) in [6, 6.07) is 5.02. The Morgan fingerprint density at radius 1 is 1.32 bits per heavy atom. The molecule has 0 aliphatic carbocycles. The highest BCUT2D eigenvalue weighted by Crippen LogP contribution is 2.28. The fourth-order valence-corrected chi connectivity index (χ4v) is 2.63. The molecule has 1 aliphatic heterocycles. The van der Waals surface area contributed by atoms with E-state index in [2.05, 4.69) is 10.6 Å². The Morgan fingerprint density at radius 3 is 2.59 bits per heavy atom. The van der Waals surface area contributed by atoms with E-state index in [4.69, 9.17) is 9.47 Å². The molecule has 0 aromatic heterocycles. The lowest BCUT2D eigenvalue weighted by molar-refractivity contribution is -0.119. The molecule has 6 heteroatoms. The second-order valence-electron chi connectivity index (χ2n) is 5.43. The van der Waals surface area contributed by atoms with Gasteiger partial charge >= 0.3 is 0 Å². The van der Waals surface area contributed by atoms with E-state index in [1.165, 1.54) is 7.11 Å². The Labute approximate surface area is 130 Å². The van der Waals surface area contributed by atoms with Crippen LogP contribution in [0.3, 0.4) is 0 Å². The van der Waals surface area contributed by atoms with Gasteiger partial charge in [0.2, 0.25) is 5.91 Å². The molecule has 1 aromatic carbocycles. The summed E-state index contributed by atoms with van der Waals surface area (Å²) in [7, 11) is 3.07. The molecule has 1 saturated heterocycles. The van der Waals surface area contributed by atoms with Crippen LogP contribution in [0.25, 0.3) is 0 Å². The van der Waals surface area contributed by atoms with Crippen LogP contribution in [0, 0.1) is 0 Å². The summed E-state index contributed by atoms with van der Waals surface area (Å²) >= 11 is 0. The summed E-state index contributed by atoms with van der Waals surface area (Å²) in [6.07, 6.45) is 2.04. The fourth-order valence-electron chi connectivity index (χ4n) is 2.63. The van der Waals surface area contributed by atoms with Crippen molar-refractivity contribution in [2.24, 2.45) is 0 Å². The predicted molar refractivity (Wildman–Crippen MR) is 82.3 cm³/mol. The van der Waals surface area contributed by atoms with Crippen LogP contribution in [0.2, 0.25) is 0 Å². The van der Waals surface area contributed by atoms with Gasteiger partial charge in [0.1, 0.15) is 0 Å². The van der Waals surface area contributed by atoms with Gasteiger partial charge in [0, 0.05) is 18.5 Å². The Morgan fingerprint density at radius 2 is 2.05 bits per heavy atom. The van der Waals surface area contributed by atoms with Crippen molar-refractivity contribution in [1.82, 2.24) is 10.6 Å². The van der Waals surface area contributed by atoms with E-state index in [1.54, 1.807) is 25.3 Å². The Balaban J connectivity index is 2.04. The summed E-state index contributed by atoms with van der Waals surface area (Å²) in [6.45, 7) is 2.43. The zero-order valence-electron chi connectivity index (χ0n) is 13.2. The molecule has 1 aliphatic rings. The second-order valence-corrected chi connectivity index (χ2v) is 5.43. The first-order valence-electron chi connectivity index (χ1n) is 7.35. The van der Waals surface area contributed by atoms with Crippen LogP contribution in [0.4, 0.5) is 0 Å². The molecule has 120 valence electrons. The number of rotatable bonds is 6. The maximum Gasteiger partial charge on any atom is 0.251 e. The van der Waals surface area contributed by atoms with Gasteiger partial charge < -0.3 is 20.1 Å². The third-order valence-electron chi connectivity index (χ3n) is 4.15. The molecule has 2 rings (SSSR count). The number of hydrogen-bond donors (Lipinski definition) is 2. The van der Waals surface area contributed by atoms with E-state index < -0.39 is 0 Å². The van der Waals surface area contributed by atoms with Gasteiger partial charge in [0.15, 0.2) is 11.5 Å². The van der Waals surface area contributed by atoms with E-state index in [1.807, 2.05) is 6.92 Å². The van der Waals surface area contributed by atoms with Gasteiger partial charge in [-0.05, 0) is 31.0 Å². The predicted octanol–water partition coefficient (Wildman–Crippen LogP) is 1.49. The van der Waals surface area contributed by atoms with E-state index in [0.717, 1.165) is 12.8 Å². The molecule has 0 bridgehead atoms. The smallest absolute Gasteiger partial charge is 0.251 e. The Hall–Kier alpha value is -2.24. The molecule has 6 nitrogen and oxygen atoms in total. The van der Waals surface area contributed by atoms with Crippen molar-refractivity contribution in [3.63, 3.8) is 0 Å². The normalized spacial score (nSPS) is 20.4. The highest BCUT2D eigenvalue weighted by molar-refractivity contribution is 5.95. The average Bonchev–Trinajstić information content (AvgIpc) is 2.93. The van der Waals surface area contributed by atoms with E-state index in [-0.39, 0.29) is 17.4 Å². The lowest BCUT2D eigenvalue weighted by atomic mass is 9.94. The lowest BCUT2D eigenvalue weighted by Crippen LogP contribution is -2.50. The quantitative estimate of drug-likeness (QED) is 0.835. The number of carbonyl (C=O) groups excluding carboxylic acids is 2. The van der Waals surface area contributed by atoms with Crippen molar-refractivity contribution in [1.29, 1.82) is 0 Å².